The standard InChI is InChI=1S/C17H16N2O4S.C2H6.CH4O3S.CH4O2S.Y/c1-11-6-5-7-12-10-14(24(21,22)23)16(17(20)15(11)12)19-18-13-8-3-2-4-9-13;1-2;1-5(2,3)4;1-4-3-2;/h2-10,20-23H,1H3;1-2H3;1H3,(H,2,3,4);2H,1H3;. The van der Waals surface area contributed by atoms with Crippen LogP contribution in [-0.2, 0) is 47.2 Å². The van der Waals surface area contributed by atoms with Crippen molar-refractivity contribution in [3.05, 3.63) is 60.2 Å². The van der Waals surface area contributed by atoms with E-state index in [1.807, 2.05) is 32.9 Å². The Balaban J connectivity index is 0. The molecule has 0 saturated heterocycles. The number of aromatic hydroxyl groups is 1. The van der Waals surface area contributed by atoms with Crippen molar-refractivity contribution in [2.45, 2.75) is 25.7 Å². The van der Waals surface area contributed by atoms with Crippen LogP contribution in [0.4, 0.5) is 11.4 Å². The first-order valence-corrected chi connectivity index (χ1v) is 14.3. The molecule has 199 valence electrons. The van der Waals surface area contributed by atoms with Crippen LogP contribution in [0.25, 0.3) is 10.8 Å². The van der Waals surface area contributed by atoms with Gasteiger partial charge in [-0.15, -0.1) is 5.11 Å². The predicted octanol–water partition coefficient (Wildman–Crippen LogP) is 7.13. The van der Waals surface area contributed by atoms with Crippen LogP contribution in [0.15, 0.2) is 69.7 Å². The van der Waals surface area contributed by atoms with Crippen molar-refractivity contribution in [1.29, 1.82) is 0 Å². The smallest absolute Gasteiger partial charge is 0.261 e. The Morgan fingerprint density at radius 2 is 1.42 bits per heavy atom. The summed E-state index contributed by atoms with van der Waals surface area (Å²) in [6.07, 6.45) is 2.34. The number of benzene rings is 3. The number of fused-ring (bicyclic) bond motifs is 1. The minimum Gasteiger partial charge on any atom is -0.505 e. The fourth-order valence-corrected chi connectivity index (χ4v) is 3.17. The molecule has 0 amide bonds. The molecule has 0 aliphatic rings. The van der Waals surface area contributed by atoms with Crippen LogP contribution < -0.4 is 0 Å². The van der Waals surface area contributed by atoms with E-state index >= 15 is 0 Å². The summed E-state index contributed by atoms with van der Waals surface area (Å²) in [6, 6.07) is 15.5. The number of phenolic OH excluding ortho intramolecular Hbond substituents is 1. The van der Waals surface area contributed by atoms with E-state index in [0.717, 1.165) is 17.6 Å². The van der Waals surface area contributed by atoms with E-state index in [-0.39, 0.29) is 49.0 Å². The predicted molar refractivity (Wildman–Crippen MR) is 141 cm³/mol. The Kier molecular flexibility index (Phi) is 18.6. The molecule has 6 N–H and O–H groups in total. The fraction of sp³-hybridized carbons (Fsp3) is 0.238. The maximum atomic E-state index is 10.6. The molecular weight excluding hydrogens is 609 g/mol. The van der Waals surface area contributed by atoms with Gasteiger partial charge in [-0.3, -0.25) is 4.55 Å². The van der Waals surface area contributed by atoms with Gasteiger partial charge >= 0.3 is 0 Å². The van der Waals surface area contributed by atoms with Gasteiger partial charge in [0, 0.05) is 56.4 Å². The molecule has 0 atom stereocenters. The molecule has 0 bridgehead atoms. The van der Waals surface area contributed by atoms with Crippen molar-refractivity contribution >= 4 is 55.2 Å². The summed E-state index contributed by atoms with van der Waals surface area (Å²) in [4.78, 5) is -0.266. The van der Waals surface area contributed by atoms with Crippen molar-refractivity contribution in [2.24, 2.45) is 10.2 Å². The van der Waals surface area contributed by atoms with E-state index in [1.54, 1.807) is 42.7 Å². The van der Waals surface area contributed by atoms with Gasteiger partial charge in [-0.05, 0) is 36.1 Å². The number of hydrogen-bond acceptors (Lipinski definition) is 11. The summed E-state index contributed by atoms with van der Waals surface area (Å²) in [5.74, 6) is -0.255. The first-order chi connectivity index (χ1) is 16.3. The average molecular weight is 640 g/mol. The molecule has 36 heavy (non-hydrogen) atoms. The summed E-state index contributed by atoms with van der Waals surface area (Å²) in [7, 11) is -7.75. The van der Waals surface area contributed by atoms with Gasteiger partial charge in [0.25, 0.3) is 10.1 Å². The Labute approximate surface area is 242 Å². The van der Waals surface area contributed by atoms with E-state index in [0.29, 0.717) is 22.7 Å². The molecule has 3 rings (SSSR count). The third kappa shape index (κ3) is 14.0. The molecule has 0 aliphatic carbocycles. The molecule has 1 radical (unpaired) electrons. The van der Waals surface area contributed by atoms with Crippen molar-refractivity contribution < 1.29 is 74.0 Å². The second kappa shape index (κ2) is 18.1. The zero-order chi connectivity index (χ0) is 27.2. The van der Waals surface area contributed by atoms with Crippen LogP contribution in [0.1, 0.15) is 19.4 Å². The van der Waals surface area contributed by atoms with Crippen molar-refractivity contribution in [2.75, 3.05) is 12.5 Å². The van der Waals surface area contributed by atoms with E-state index in [9.17, 15) is 27.2 Å². The van der Waals surface area contributed by atoms with E-state index < -0.39 is 21.0 Å². The van der Waals surface area contributed by atoms with Crippen molar-refractivity contribution in [1.82, 2.24) is 0 Å². The quantitative estimate of drug-likeness (QED) is 0.0563. The van der Waals surface area contributed by atoms with Crippen LogP contribution in [0, 0.1) is 6.92 Å². The molecule has 3 aromatic carbocycles. The first-order valence-electron chi connectivity index (χ1n) is 9.79. The number of hydrogen-bond donors (Lipinski definition) is 6. The van der Waals surface area contributed by atoms with Crippen LogP contribution in [0.2, 0.25) is 0 Å². The largest absolute Gasteiger partial charge is 0.505 e. The monoisotopic (exact) mass is 639 g/mol. The minimum atomic E-state index is -4.08. The van der Waals surface area contributed by atoms with Gasteiger partial charge in [0.05, 0.1) is 16.8 Å². The molecule has 0 aromatic heterocycles. The topological polar surface area (TPSA) is 189 Å². The molecule has 0 fully saturated rings. The second-order valence-corrected chi connectivity index (χ2v) is 9.70. The molecule has 0 spiro atoms. The Bertz CT molecular complexity index is 1180. The third-order valence-corrected chi connectivity index (χ3v) is 4.73. The van der Waals surface area contributed by atoms with Gasteiger partial charge in [0.2, 0.25) is 0 Å². The Morgan fingerprint density at radius 1 is 0.917 bits per heavy atom. The molecule has 0 heterocycles. The number of nitrogens with zero attached hydrogens (tertiary/aromatic N) is 2. The van der Waals surface area contributed by atoms with E-state index in [2.05, 4.69) is 14.6 Å². The van der Waals surface area contributed by atoms with Gasteiger partial charge in [-0.2, -0.15) is 17.9 Å². The molecule has 0 saturated carbocycles. The van der Waals surface area contributed by atoms with Gasteiger partial charge in [-0.25, -0.2) is 5.26 Å². The van der Waals surface area contributed by atoms with Crippen LogP contribution in [0.3, 0.4) is 0 Å². The van der Waals surface area contributed by atoms with Crippen molar-refractivity contribution in [3.8, 4) is 5.75 Å². The average Bonchev–Trinajstić information content (AvgIpc) is 2.78. The van der Waals surface area contributed by atoms with E-state index in [4.69, 9.17) is 9.81 Å². The van der Waals surface area contributed by atoms with Gasteiger partial charge < -0.3 is 18.8 Å². The molecular formula is C21H30N2O9S3Y. The summed E-state index contributed by atoms with van der Waals surface area (Å²) in [5.41, 5.74) is 1.16. The number of phenols is 1. The maximum Gasteiger partial charge on any atom is 0.261 e. The van der Waals surface area contributed by atoms with Gasteiger partial charge in [0.1, 0.15) is 16.6 Å². The SMILES string of the molecule is CC.CS(=O)(=O)O.CSOO.Cc1cccc2cc(S(O)(O)O)c(N=Nc3ccccc3)c(O)c12.[Y]. The number of aryl methyl sites for hydroxylation is 1. The molecule has 3 aromatic rings. The number of rotatable bonds is 4. The number of azo groups is 1. The molecule has 0 aliphatic heterocycles. The zero-order valence-corrected chi connectivity index (χ0v) is 25.6. The summed E-state index contributed by atoms with van der Waals surface area (Å²) < 4.78 is 58.4. The van der Waals surface area contributed by atoms with Crippen molar-refractivity contribution in [3.63, 3.8) is 0 Å². The van der Waals surface area contributed by atoms with Crippen LogP contribution in [-0.4, -0.2) is 49.5 Å². The molecule has 15 heteroatoms. The summed E-state index contributed by atoms with van der Waals surface area (Å²) in [6.45, 7) is 5.82. The fourth-order valence-electron chi connectivity index (χ4n) is 2.49. The molecule has 11 nitrogen and oxygen atoms in total. The normalized spacial score (nSPS) is 11.2. The van der Waals surface area contributed by atoms with Crippen LogP contribution >= 0.6 is 22.9 Å². The Hall–Kier alpha value is -1.17. The first kappa shape index (κ1) is 37.0. The zero-order valence-electron chi connectivity index (χ0n) is 20.3. The summed E-state index contributed by atoms with van der Waals surface area (Å²) >= 11 is 0.912. The maximum absolute atomic E-state index is 10.6. The Morgan fingerprint density at radius 3 is 1.86 bits per heavy atom. The third-order valence-electron chi connectivity index (χ3n) is 3.68. The van der Waals surface area contributed by atoms with E-state index in [1.165, 1.54) is 6.07 Å². The van der Waals surface area contributed by atoms with Gasteiger partial charge in [0.15, 0.2) is 5.75 Å². The van der Waals surface area contributed by atoms with Crippen LogP contribution in [0.5, 0.6) is 5.75 Å². The minimum absolute atomic E-state index is 0. The van der Waals surface area contributed by atoms with Gasteiger partial charge in [-0.1, -0.05) is 50.2 Å². The second-order valence-electron chi connectivity index (χ2n) is 6.27. The summed E-state index contributed by atoms with van der Waals surface area (Å²) in [5, 5.41) is 26.9. The molecule has 0 unspecified atom stereocenters.